The largest absolute Gasteiger partial charge is 0.179 e. The minimum absolute atomic E-state index is 0.421. The van der Waals surface area contributed by atoms with Crippen LogP contribution in [-0.4, -0.2) is 17.3 Å². The summed E-state index contributed by atoms with van der Waals surface area (Å²) in [7, 11) is 0. The minimum Gasteiger partial charge on any atom is -0.179 e. The average Bonchev–Trinajstić information content (AvgIpc) is 2.62. The third-order valence-corrected chi connectivity index (χ3v) is 5.38. The number of hydrogen-bond acceptors (Lipinski definition) is 2. The molecule has 0 bridgehead atoms. The summed E-state index contributed by atoms with van der Waals surface area (Å²) in [6.45, 7) is 7.01. The maximum absolute atomic E-state index is 4.48. The summed E-state index contributed by atoms with van der Waals surface area (Å²) in [5.41, 5.74) is 0.421. The summed E-state index contributed by atoms with van der Waals surface area (Å²) in [4.78, 5) is 0. The number of rotatable bonds is 5. The van der Waals surface area contributed by atoms with Crippen molar-refractivity contribution in [2.45, 2.75) is 46.5 Å². The number of thioether (sulfide) groups is 1. The summed E-state index contributed by atoms with van der Waals surface area (Å²) in [6.07, 6.45) is 5.91. The van der Waals surface area contributed by atoms with E-state index in [1.54, 1.807) is 0 Å². The monoisotopic (exact) mass is 246 g/mol. The Hall–Kier alpha value is 0.700. The van der Waals surface area contributed by atoms with Crippen LogP contribution in [0.5, 0.6) is 0 Å². The molecule has 1 rings (SSSR count). The second kappa shape index (κ2) is 6.44. The zero-order valence-corrected chi connectivity index (χ0v) is 12.2. The first-order valence-corrected chi connectivity index (χ1v) is 8.01. The molecule has 0 amide bonds. The fraction of sp³-hybridized carbons (Fsp3) is 1.00. The molecule has 15 heavy (non-hydrogen) atoms. The molecule has 0 radical (unpaired) electrons. The molecule has 1 fully saturated rings. The predicted molar refractivity (Wildman–Crippen MR) is 76.1 cm³/mol. The smallest absolute Gasteiger partial charge is 0.00262 e. The first-order chi connectivity index (χ1) is 7.04. The Bertz CT molecular complexity index is 166. The molecule has 1 atom stereocenters. The van der Waals surface area contributed by atoms with Crippen LogP contribution in [0.3, 0.4) is 0 Å². The summed E-state index contributed by atoms with van der Waals surface area (Å²) < 4.78 is 0. The van der Waals surface area contributed by atoms with Gasteiger partial charge in [-0.2, -0.15) is 24.4 Å². The maximum atomic E-state index is 4.48. The fourth-order valence-electron chi connectivity index (χ4n) is 2.13. The molecular weight excluding hydrogens is 220 g/mol. The van der Waals surface area contributed by atoms with E-state index in [9.17, 15) is 0 Å². The topological polar surface area (TPSA) is 0 Å². The van der Waals surface area contributed by atoms with Gasteiger partial charge in [0.05, 0.1) is 0 Å². The number of thiol groups is 1. The van der Waals surface area contributed by atoms with Crippen molar-refractivity contribution in [3.8, 4) is 0 Å². The van der Waals surface area contributed by atoms with Gasteiger partial charge in [0.15, 0.2) is 0 Å². The van der Waals surface area contributed by atoms with E-state index in [-0.39, 0.29) is 0 Å². The third kappa shape index (κ3) is 5.04. The van der Waals surface area contributed by atoms with Gasteiger partial charge in [-0.05, 0) is 47.4 Å². The van der Waals surface area contributed by atoms with Crippen LogP contribution >= 0.6 is 24.4 Å². The Kier molecular flexibility index (Phi) is 5.91. The van der Waals surface area contributed by atoms with Gasteiger partial charge in [-0.25, -0.2) is 0 Å². The van der Waals surface area contributed by atoms with Gasteiger partial charge < -0.3 is 0 Å². The minimum atomic E-state index is 0.421. The van der Waals surface area contributed by atoms with Gasteiger partial charge in [0.1, 0.15) is 0 Å². The highest BCUT2D eigenvalue weighted by atomic mass is 32.2. The Morgan fingerprint density at radius 2 is 1.87 bits per heavy atom. The molecule has 0 aromatic rings. The number of hydrogen-bond donors (Lipinski definition) is 1. The standard InChI is InChI=1S/C13H26S2/c1-13(2,3)12(8-14)10-15-9-11-6-4-5-7-11/h11-12,14H,4-10H2,1-3H3. The van der Waals surface area contributed by atoms with Gasteiger partial charge in [-0.3, -0.25) is 0 Å². The molecule has 0 spiro atoms. The molecule has 1 saturated carbocycles. The van der Waals surface area contributed by atoms with Gasteiger partial charge >= 0.3 is 0 Å². The maximum Gasteiger partial charge on any atom is -0.00262 e. The van der Waals surface area contributed by atoms with Crippen LogP contribution in [0.25, 0.3) is 0 Å². The van der Waals surface area contributed by atoms with Gasteiger partial charge in [0, 0.05) is 0 Å². The van der Waals surface area contributed by atoms with E-state index in [0.717, 1.165) is 17.6 Å². The van der Waals surface area contributed by atoms with E-state index in [2.05, 4.69) is 45.2 Å². The molecule has 0 aromatic heterocycles. The predicted octanol–water partition coefficient (Wildman–Crippen LogP) is 4.50. The van der Waals surface area contributed by atoms with Crippen molar-refractivity contribution in [3.05, 3.63) is 0 Å². The van der Waals surface area contributed by atoms with Crippen molar-refractivity contribution in [3.63, 3.8) is 0 Å². The molecule has 0 N–H and O–H groups in total. The van der Waals surface area contributed by atoms with Crippen molar-refractivity contribution < 1.29 is 0 Å². The molecular formula is C13H26S2. The summed E-state index contributed by atoms with van der Waals surface area (Å²) >= 11 is 6.64. The average molecular weight is 246 g/mol. The molecule has 0 aromatic carbocycles. The Labute approximate surface area is 105 Å². The summed E-state index contributed by atoms with van der Waals surface area (Å²) in [5.74, 6) is 5.49. The van der Waals surface area contributed by atoms with Crippen molar-refractivity contribution in [1.29, 1.82) is 0 Å². The second-order valence-electron chi connectivity index (χ2n) is 5.93. The van der Waals surface area contributed by atoms with Crippen molar-refractivity contribution in [2.24, 2.45) is 17.3 Å². The SMILES string of the molecule is CC(C)(C)C(CS)CSCC1CCCC1. The van der Waals surface area contributed by atoms with E-state index in [4.69, 9.17) is 0 Å². The summed E-state index contributed by atoms with van der Waals surface area (Å²) in [6, 6.07) is 0. The van der Waals surface area contributed by atoms with Crippen molar-refractivity contribution in [1.82, 2.24) is 0 Å². The Morgan fingerprint density at radius 1 is 1.27 bits per heavy atom. The van der Waals surface area contributed by atoms with Gasteiger partial charge in [0.2, 0.25) is 0 Å². The van der Waals surface area contributed by atoms with Crippen LogP contribution in [0.15, 0.2) is 0 Å². The first kappa shape index (κ1) is 13.8. The van der Waals surface area contributed by atoms with Crippen LogP contribution in [0.4, 0.5) is 0 Å². The molecule has 1 aliphatic carbocycles. The Morgan fingerprint density at radius 3 is 2.33 bits per heavy atom. The van der Waals surface area contributed by atoms with Gasteiger partial charge in [0.25, 0.3) is 0 Å². The fourth-order valence-corrected chi connectivity index (χ4v) is 4.69. The van der Waals surface area contributed by atoms with E-state index >= 15 is 0 Å². The molecule has 1 aliphatic rings. The van der Waals surface area contributed by atoms with Crippen LogP contribution in [0.1, 0.15) is 46.5 Å². The van der Waals surface area contributed by atoms with Crippen LogP contribution in [-0.2, 0) is 0 Å². The second-order valence-corrected chi connectivity index (χ2v) is 7.37. The van der Waals surface area contributed by atoms with E-state index in [1.807, 2.05) is 0 Å². The highest BCUT2D eigenvalue weighted by molar-refractivity contribution is 7.99. The molecule has 1 unspecified atom stereocenters. The molecule has 0 heterocycles. The van der Waals surface area contributed by atoms with Crippen LogP contribution < -0.4 is 0 Å². The van der Waals surface area contributed by atoms with E-state index in [0.29, 0.717) is 5.41 Å². The third-order valence-electron chi connectivity index (χ3n) is 3.59. The normalized spacial score (nSPS) is 20.8. The van der Waals surface area contributed by atoms with Crippen molar-refractivity contribution >= 4 is 24.4 Å². The summed E-state index contributed by atoms with van der Waals surface area (Å²) in [5, 5.41) is 0. The van der Waals surface area contributed by atoms with Crippen molar-refractivity contribution in [2.75, 3.05) is 17.3 Å². The molecule has 90 valence electrons. The highest BCUT2D eigenvalue weighted by Gasteiger charge is 2.23. The lowest BCUT2D eigenvalue weighted by molar-refractivity contribution is 0.294. The molecule has 0 nitrogen and oxygen atoms in total. The Balaban J connectivity index is 2.16. The van der Waals surface area contributed by atoms with Gasteiger partial charge in [-0.1, -0.05) is 33.6 Å². The zero-order valence-electron chi connectivity index (χ0n) is 10.5. The molecule has 0 aliphatic heterocycles. The van der Waals surface area contributed by atoms with E-state index in [1.165, 1.54) is 37.2 Å². The van der Waals surface area contributed by atoms with Crippen LogP contribution in [0, 0.1) is 17.3 Å². The lowest BCUT2D eigenvalue weighted by Gasteiger charge is -2.29. The molecule has 2 heteroatoms. The lowest BCUT2D eigenvalue weighted by Crippen LogP contribution is -2.24. The van der Waals surface area contributed by atoms with Gasteiger partial charge in [-0.15, -0.1) is 0 Å². The first-order valence-electron chi connectivity index (χ1n) is 6.22. The lowest BCUT2D eigenvalue weighted by atomic mass is 9.83. The highest BCUT2D eigenvalue weighted by Crippen LogP contribution is 2.33. The van der Waals surface area contributed by atoms with E-state index < -0.39 is 0 Å². The quantitative estimate of drug-likeness (QED) is 0.697. The zero-order chi connectivity index (χ0) is 11.3. The van der Waals surface area contributed by atoms with Crippen LogP contribution in [0.2, 0.25) is 0 Å². The molecule has 0 saturated heterocycles.